The maximum atomic E-state index is 11.5. The van der Waals surface area contributed by atoms with Crippen LogP contribution < -0.4 is 0 Å². The average Bonchev–Trinajstić information content (AvgIpc) is 2.42. The van der Waals surface area contributed by atoms with Crippen LogP contribution in [0.15, 0.2) is 19.2 Å². The van der Waals surface area contributed by atoms with Crippen molar-refractivity contribution in [1.82, 2.24) is 0 Å². The van der Waals surface area contributed by atoms with Crippen LogP contribution in [-0.2, 0) is 9.53 Å². The van der Waals surface area contributed by atoms with Crippen LogP contribution in [0.1, 0.15) is 19.8 Å². The Morgan fingerprint density at radius 3 is 2.53 bits per heavy atom. The Morgan fingerprint density at radius 2 is 2.13 bits per heavy atom. The van der Waals surface area contributed by atoms with Gasteiger partial charge in [-0.2, -0.15) is 0 Å². The minimum Gasteiger partial charge on any atom is -0.420 e. The fourth-order valence-electron chi connectivity index (χ4n) is 1.23. The third-order valence-corrected chi connectivity index (χ3v) is 3.43. The molecule has 0 aromatic carbocycles. The molecule has 84 valence electrons. The zero-order chi connectivity index (χ0) is 11.6. The normalized spacial score (nSPS) is 18.2. The second kappa shape index (κ2) is 5.61. The number of ether oxygens (including phenoxy) is 1. The largest absolute Gasteiger partial charge is 0.420 e. The molecular weight excluding hydrogens is 396 g/mol. The first-order chi connectivity index (χ1) is 6.99. The monoisotopic (exact) mass is 402 g/mol. The predicted octanol–water partition coefficient (Wildman–Crippen LogP) is 3.31. The summed E-state index contributed by atoms with van der Waals surface area (Å²) in [6, 6.07) is 0. The van der Waals surface area contributed by atoms with E-state index in [1.54, 1.807) is 0 Å². The standard InChI is InChI=1S/C9H9Br3O3/c1-2-3-4(13)5-6(10)7(8(11)12)15-9(5)14/h4,13H,2-3H2,1H3. The summed E-state index contributed by atoms with van der Waals surface area (Å²) in [7, 11) is 0. The van der Waals surface area contributed by atoms with Crippen LogP contribution in [0.2, 0.25) is 0 Å². The van der Waals surface area contributed by atoms with Crippen molar-refractivity contribution < 1.29 is 14.6 Å². The first-order valence-electron chi connectivity index (χ1n) is 4.34. The lowest BCUT2D eigenvalue weighted by molar-refractivity contribution is -0.134. The molecule has 3 nitrogen and oxygen atoms in total. The van der Waals surface area contributed by atoms with E-state index in [0.29, 0.717) is 20.1 Å². The van der Waals surface area contributed by atoms with Crippen molar-refractivity contribution >= 4 is 53.8 Å². The second-order valence-electron chi connectivity index (χ2n) is 3.01. The minimum atomic E-state index is -0.784. The molecule has 1 N–H and O–H groups in total. The van der Waals surface area contributed by atoms with Gasteiger partial charge in [0.15, 0.2) is 5.76 Å². The van der Waals surface area contributed by atoms with E-state index < -0.39 is 12.1 Å². The summed E-state index contributed by atoms with van der Waals surface area (Å²) in [5, 5.41) is 9.75. The molecule has 0 saturated carbocycles. The Morgan fingerprint density at radius 1 is 1.53 bits per heavy atom. The molecule has 0 bridgehead atoms. The van der Waals surface area contributed by atoms with Gasteiger partial charge in [0.1, 0.15) is 3.39 Å². The molecule has 1 aliphatic heterocycles. The van der Waals surface area contributed by atoms with E-state index in [9.17, 15) is 9.90 Å². The molecule has 1 aliphatic rings. The molecule has 1 atom stereocenters. The number of cyclic esters (lactones) is 1. The number of aliphatic hydroxyl groups is 1. The molecule has 0 spiro atoms. The summed E-state index contributed by atoms with van der Waals surface area (Å²) >= 11 is 9.55. The third kappa shape index (κ3) is 2.93. The minimum absolute atomic E-state index is 0.281. The van der Waals surface area contributed by atoms with Gasteiger partial charge in [0.05, 0.1) is 16.2 Å². The van der Waals surface area contributed by atoms with Crippen LogP contribution in [0, 0.1) is 0 Å². The Labute approximate surface area is 113 Å². The van der Waals surface area contributed by atoms with Gasteiger partial charge < -0.3 is 9.84 Å². The molecule has 1 rings (SSSR count). The lowest BCUT2D eigenvalue weighted by Gasteiger charge is -2.07. The van der Waals surface area contributed by atoms with Gasteiger partial charge in [-0.3, -0.25) is 0 Å². The molecule has 0 aromatic heterocycles. The van der Waals surface area contributed by atoms with Gasteiger partial charge in [0.25, 0.3) is 0 Å². The van der Waals surface area contributed by atoms with Crippen LogP contribution in [-0.4, -0.2) is 17.2 Å². The molecule has 0 radical (unpaired) electrons. The van der Waals surface area contributed by atoms with Crippen LogP contribution in [0.5, 0.6) is 0 Å². The maximum absolute atomic E-state index is 11.5. The van der Waals surface area contributed by atoms with Crippen LogP contribution >= 0.6 is 47.8 Å². The van der Waals surface area contributed by atoms with E-state index in [1.807, 2.05) is 6.92 Å². The molecule has 0 aliphatic carbocycles. The first kappa shape index (κ1) is 13.4. The maximum Gasteiger partial charge on any atom is 0.343 e. The lowest BCUT2D eigenvalue weighted by atomic mass is 10.1. The van der Waals surface area contributed by atoms with Gasteiger partial charge in [0.2, 0.25) is 0 Å². The van der Waals surface area contributed by atoms with Crippen molar-refractivity contribution in [2.75, 3.05) is 0 Å². The summed E-state index contributed by atoms with van der Waals surface area (Å²) < 4.78 is 6.01. The molecular formula is C9H9Br3O3. The van der Waals surface area contributed by atoms with E-state index >= 15 is 0 Å². The Bertz CT molecular complexity index is 343. The number of hydrogen-bond donors (Lipinski definition) is 1. The van der Waals surface area contributed by atoms with Crippen molar-refractivity contribution in [2.45, 2.75) is 25.9 Å². The number of hydrogen-bond acceptors (Lipinski definition) is 3. The fraction of sp³-hybridized carbons (Fsp3) is 0.444. The van der Waals surface area contributed by atoms with E-state index in [-0.39, 0.29) is 5.57 Å². The van der Waals surface area contributed by atoms with Gasteiger partial charge in [-0.05, 0) is 54.2 Å². The Balaban J connectivity index is 3.05. The highest BCUT2D eigenvalue weighted by molar-refractivity contribution is 9.28. The SMILES string of the molecule is CCCC(O)C1=C(Br)C(=C(Br)Br)OC1=O. The Kier molecular flexibility index (Phi) is 5.02. The molecule has 1 unspecified atom stereocenters. The van der Waals surface area contributed by atoms with Crippen molar-refractivity contribution in [1.29, 1.82) is 0 Å². The van der Waals surface area contributed by atoms with Crippen molar-refractivity contribution in [3.63, 3.8) is 0 Å². The number of allylic oxidation sites excluding steroid dienone is 1. The number of esters is 1. The third-order valence-electron chi connectivity index (χ3n) is 1.92. The van der Waals surface area contributed by atoms with Gasteiger partial charge >= 0.3 is 5.97 Å². The summed E-state index contributed by atoms with van der Waals surface area (Å²) in [5.74, 6) is -0.139. The highest BCUT2D eigenvalue weighted by atomic mass is 79.9. The van der Waals surface area contributed by atoms with Crippen LogP contribution in [0.3, 0.4) is 0 Å². The van der Waals surface area contributed by atoms with E-state index in [1.165, 1.54) is 0 Å². The molecule has 0 fully saturated rings. The zero-order valence-corrected chi connectivity index (χ0v) is 12.6. The van der Waals surface area contributed by atoms with Crippen molar-refractivity contribution in [3.05, 3.63) is 19.2 Å². The first-order valence-corrected chi connectivity index (χ1v) is 6.72. The molecule has 1 heterocycles. The smallest absolute Gasteiger partial charge is 0.343 e. The van der Waals surface area contributed by atoms with E-state index in [2.05, 4.69) is 47.8 Å². The van der Waals surface area contributed by atoms with Crippen molar-refractivity contribution in [3.8, 4) is 0 Å². The average molecular weight is 405 g/mol. The highest BCUT2D eigenvalue weighted by Crippen LogP contribution is 2.38. The van der Waals surface area contributed by atoms with Crippen LogP contribution in [0.4, 0.5) is 0 Å². The summed E-state index contributed by atoms with van der Waals surface area (Å²) in [6.45, 7) is 1.94. The molecule has 0 aromatic rings. The van der Waals surface area contributed by atoms with Gasteiger partial charge in [-0.25, -0.2) is 4.79 Å². The number of aliphatic hydroxyl groups excluding tert-OH is 1. The topological polar surface area (TPSA) is 46.5 Å². The number of carbonyl (C=O) groups is 1. The quantitative estimate of drug-likeness (QED) is 0.734. The number of carbonyl (C=O) groups excluding carboxylic acids is 1. The number of rotatable bonds is 3. The lowest BCUT2D eigenvalue weighted by Crippen LogP contribution is -2.15. The molecule has 0 saturated heterocycles. The van der Waals surface area contributed by atoms with E-state index in [0.717, 1.165) is 6.42 Å². The highest BCUT2D eigenvalue weighted by Gasteiger charge is 2.34. The molecule has 0 amide bonds. The summed E-state index contributed by atoms with van der Waals surface area (Å²) in [4.78, 5) is 11.5. The number of halogens is 3. The predicted molar refractivity (Wildman–Crippen MR) is 67.8 cm³/mol. The Hall–Kier alpha value is 0.350. The van der Waals surface area contributed by atoms with Crippen molar-refractivity contribution in [2.24, 2.45) is 0 Å². The molecule has 15 heavy (non-hydrogen) atoms. The van der Waals surface area contributed by atoms with Gasteiger partial charge in [0, 0.05) is 0 Å². The second-order valence-corrected chi connectivity index (χ2v) is 6.45. The summed E-state index contributed by atoms with van der Waals surface area (Å²) in [5.41, 5.74) is 0.281. The zero-order valence-electron chi connectivity index (χ0n) is 7.89. The van der Waals surface area contributed by atoms with Crippen LogP contribution in [0.25, 0.3) is 0 Å². The van der Waals surface area contributed by atoms with Gasteiger partial charge in [-0.15, -0.1) is 0 Å². The van der Waals surface area contributed by atoms with Gasteiger partial charge in [-0.1, -0.05) is 13.3 Å². The fourth-order valence-corrected chi connectivity index (χ4v) is 3.02. The summed E-state index contributed by atoms with van der Waals surface area (Å²) in [6.07, 6.45) is 0.549. The molecule has 6 heteroatoms. The van der Waals surface area contributed by atoms with E-state index in [4.69, 9.17) is 4.74 Å².